The summed E-state index contributed by atoms with van der Waals surface area (Å²) >= 11 is 2.00. The minimum Gasteiger partial charge on any atom is -0.303 e. The van der Waals surface area contributed by atoms with Gasteiger partial charge in [0.25, 0.3) is 0 Å². The van der Waals surface area contributed by atoms with Crippen LogP contribution >= 0.6 is 23.7 Å². The molecule has 102 valence electrons. The fourth-order valence-corrected chi connectivity index (χ4v) is 4.87. The minimum absolute atomic E-state index is 0. The number of piperidine rings is 3. The Bertz CT molecular complexity index is 524. The summed E-state index contributed by atoms with van der Waals surface area (Å²) in [5.41, 5.74) is 0. The summed E-state index contributed by atoms with van der Waals surface area (Å²) in [6.07, 6.45) is 4.19. The van der Waals surface area contributed by atoms with Crippen LogP contribution in [0, 0.1) is 11.8 Å². The lowest BCUT2D eigenvalue weighted by molar-refractivity contribution is 0.0516. The van der Waals surface area contributed by atoms with Crippen LogP contribution in [0.2, 0.25) is 0 Å². The van der Waals surface area contributed by atoms with Crippen LogP contribution in [-0.4, -0.2) is 24.5 Å². The number of fused-ring (bicyclic) bond motifs is 4. The summed E-state index contributed by atoms with van der Waals surface area (Å²) in [7, 11) is 0. The second-order valence-electron chi connectivity index (χ2n) is 5.85. The van der Waals surface area contributed by atoms with Crippen LogP contribution in [0.15, 0.2) is 30.3 Å². The van der Waals surface area contributed by atoms with Crippen LogP contribution in [0.4, 0.5) is 0 Å². The van der Waals surface area contributed by atoms with E-state index in [1.54, 1.807) is 4.88 Å². The van der Waals surface area contributed by atoms with Gasteiger partial charge in [0.05, 0.1) is 0 Å². The molecule has 0 spiro atoms. The van der Waals surface area contributed by atoms with E-state index in [9.17, 15) is 0 Å². The molecule has 1 aromatic carbocycles. The Morgan fingerprint density at radius 2 is 1.95 bits per heavy atom. The van der Waals surface area contributed by atoms with Gasteiger partial charge in [0, 0.05) is 16.1 Å². The normalized spacial score (nSPS) is 29.4. The molecule has 1 nitrogen and oxygen atoms in total. The summed E-state index contributed by atoms with van der Waals surface area (Å²) in [6, 6.07) is 11.2. The molecular weight excluding hydrogens is 274 g/mol. The topological polar surface area (TPSA) is 3.24 Å². The van der Waals surface area contributed by atoms with E-state index in [1.807, 2.05) is 11.3 Å². The molecule has 3 saturated heterocycles. The lowest BCUT2D eigenvalue weighted by atomic mass is 9.77. The van der Waals surface area contributed by atoms with Crippen LogP contribution in [0.5, 0.6) is 0 Å². The Morgan fingerprint density at radius 1 is 1.16 bits per heavy atom. The molecule has 0 radical (unpaired) electrons. The van der Waals surface area contributed by atoms with Gasteiger partial charge >= 0.3 is 0 Å². The van der Waals surface area contributed by atoms with Gasteiger partial charge in [-0.3, -0.25) is 0 Å². The van der Waals surface area contributed by atoms with Crippen molar-refractivity contribution in [3.05, 3.63) is 35.2 Å². The molecule has 19 heavy (non-hydrogen) atoms. The van der Waals surface area contributed by atoms with Gasteiger partial charge in [-0.25, -0.2) is 0 Å². The maximum absolute atomic E-state index is 2.66. The highest BCUT2D eigenvalue weighted by molar-refractivity contribution is 7.19. The van der Waals surface area contributed by atoms with Crippen LogP contribution in [0.1, 0.15) is 17.7 Å². The Balaban J connectivity index is 0.00000110. The monoisotopic (exact) mass is 293 g/mol. The summed E-state index contributed by atoms with van der Waals surface area (Å²) < 4.78 is 1.45. The van der Waals surface area contributed by atoms with Crippen molar-refractivity contribution in [2.45, 2.75) is 19.3 Å². The van der Waals surface area contributed by atoms with Crippen molar-refractivity contribution in [1.82, 2.24) is 4.90 Å². The van der Waals surface area contributed by atoms with E-state index in [4.69, 9.17) is 0 Å². The Kier molecular flexibility index (Phi) is 3.84. The van der Waals surface area contributed by atoms with Crippen LogP contribution < -0.4 is 0 Å². The van der Waals surface area contributed by atoms with Crippen LogP contribution in [-0.2, 0) is 6.42 Å². The van der Waals surface area contributed by atoms with Gasteiger partial charge in [-0.2, -0.15) is 0 Å². The molecule has 1 unspecified atom stereocenters. The average Bonchev–Trinajstić information content (AvgIpc) is 2.82. The Morgan fingerprint density at radius 3 is 2.63 bits per heavy atom. The van der Waals surface area contributed by atoms with Crippen molar-refractivity contribution in [2.24, 2.45) is 11.8 Å². The molecule has 2 aromatic rings. The van der Waals surface area contributed by atoms with E-state index in [1.165, 1.54) is 49.0 Å². The van der Waals surface area contributed by atoms with Gasteiger partial charge in [0.1, 0.15) is 0 Å². The SMILES string of the molecule is Cl.c1ccc2sc(CC3CN4CCC3CC4)cc2c1. The molecule has 0 aliphatic carbocycles. The van der Waals surface area contributed by atoms with E-state index >= 15 is 0 Å². The fourth-order valence-electron chi connectivity index (χ4n) is 3.71. The van der Waals surface area contributed by atoms with Crippen molar-refractivity contribution >= 4 is 33.8 Å². The van der Waals surface area contributed by atoms with Crippen molar-refractivity contribution in [1.29, 1.82) is 0 Å². The lowest BCUT2D eigenvalue weighted by Gasteiger charge is -2.44. The summed E-state index contributed by atoms with van der Waals surface area (Å²) in [5.74, 6) is 1.92. The third-order valence-electron chi connectivity index (χ3n) is 4.73. The highest BCUT2D eigenvalue weighted by Crippen LogP contribution is 2.36. The van der Waals surface area contributed by atoms with Crippen molar-refractivity contribution in [2.75, 3.05) is 19.6 Å². The predicted molar refractivity (Wildman–Crippen MR) is 85.4 cm³/mol. The molecule has 3 aliphatic rings. The highest BCUT2D eigenvalue weighted by atomic mass is 35.5. The number of hydrogen-bond donors (Lipinski definition) is 0. The van der Waals surface area contributed by atoms with Crippen molar-refractivity contribution in [3.8, 4) is 0 Å². The molecule has 3 fully saturated rings. The molecule has 1 atom stereocenters. The zero-order chi connectivity index (χ0) is 11.9. The van der Waals surface area contributed by atoms with E-state index in [0.29, 0.717) is 0 Å². The zero-order valence-corrected chi connectivity index (χ0v) is 12.7. The number of nitrogens with zero attached hydrogens (tertiary/aromatic N) is 1. The summed E-state index contributed by atoms with van der Waals surface area (Å²) in [4.78, 5) is 4.26. The van der Waals surface area contributed by atoms with E-state index < -0.39 is 0 Å². The maximum atomic E-state index is 2.66. The Hall–Kier alpha value is -0.570. The standard InChI is InChI=1S/C16H19NS.ClH/c1-2-4-16-13(3-1)9-15(18-16)10-14-11-17-7-5-12(14)6-8-17;/h1-4,9,12,14H,5-8,10-11H2;1H. The molecule has 2 bridgehead atoms. The van der Waals surface area contributed by atoms with Gasteiger partial charge < -0.3 is 4.90 Å². The van der Waals surface area contributed by atoms with E-state index in [-0.39, 0.29) is 12.4 Å². The van der Waals surface area contributed by atoms with Crippen LogP contribution in [0.3, 0.4) is 0 Å². The molecule has 3 aliphatic heterocycles. The van der Waals surface area contributed by atoms with Gasteiger partial charge in [-0.15, -0.1) is 23.7 Å². The number of rotatable bonds is 2. The quantitative estimate of drug-likeness (QED) is 0.802. The molecule has 0 amide bonds. The molecule has 0 N–H and O–H groups in total. The van der Waals surface area contributed by atoms with Crippen LogP contribution in [0.25, 0.3) is 10.1 Å². The second kappa shape index (κ2) is 5.43. The number of halogens is 1. The smallest absolute Gasteiger partial charge is 0.0345 e. The van der Waals surface area contributed by atoms with Gasteiger partial charge in [-0.05, 0) is 61.7 Å². The minimum atomic E-state index is 0. The first-order chi connectivity index (χ1) is 8.88. The first-order valence-corrected chi connectivity index (χ1v) is 7.90. The summed E-state index contributed by atoms with van der Waals surface area (Å²) in [6.45, 7) is 4.06. The number of hydrogen-bond acceptors (Lipinski definition) is 2. The molecule has 0 saturated carbocycles. The van der Waals surface area contributed by atoms with Crippen molar-refractivity contribution < 1.29 is 0 Å². The van der Waals surface area contributed by atoms with E-state index in [2.05, 4.69) is 35.2 Å². The Labute approximate surface area is 125 Å². The van der Waals surface area contributed by atoms with E-state index in [0.717, 1.165) is 11.8 Å². The molecular formula is C16H20ClNS. The summed E-state index contributed by atoms with van der Waals surface area (Å²) in [5, 5.41) is 1.43. The fraction of sp³-hybridized carbons (Fsp3) is 0.500. The number of benzene rings is 1. The first-order valence-electron chi connectivity index (χ1n) is 7.08. The highest BCUT2D eigenvalue weighted by Gasteiger charge is 2.34. The van der Waals surface area contributed by atoms with Gasteiger partial charge in [-0.1, -0.05) is 18.2 Å². The van der Waals surface area contributed by atoms with Gasteiger partial charge in [0.2, 0.25) is 0 Å². The third kappa shape index (κ3) is 2.54. The molecule has 1 aromatic heterocycles. The van der Waals surface area contributed by atoms with Gasteiger partial charge in [0.15, 0.2) is 0 Å². The zero-order valence-electron chi connectivity index (χ0n) is 11.0. The maximum Gasteiger partial charge on any atom is 0.0345 e. The number of thiophene rings is 1. The lowest BCUT2D eigenvalue weighted by Crippen LogP contribution is -2.47. The van der Waals surface area contributed by atoms with Crippen molar-refractivity contribution in [3.63, 3.8) is 0 Å². The largest absolute Gasteiger partial charge is 0.303 e. The molecule has 4 heterocycles. The average molecular weight is 294 g/mol. The predicted octanol–water partition coefficient (Wildman–Crippen LogP) is 4.21. The molecule has 3 heteroatoms. The third-order valence-corrected chi connectivity index (χ3v) is 5.87. The first kappa shape index (κ1) is 13.4. The second-order valence-corrected chi connectivity index (χ2v) is 7.02. The molecule has 5 rings (SSSR count).